The van der Waals surface area contributed by atoms with E-state index in [9.17, 15) is 9.11 Å². The fraction of sp³-hybridized carbons (Fsp3) is 0. The first-order valence-electron chi connectivity index (χ1n) is 3.02. The fourth-order valence-corrected chi connectivity index (χ4v) is 1.40. The van der Waals surface area contributed by atoms with Crippen molar-refractivity contribution in [2.75, 3.05) is 0 Å². The molecule has 2 heterocycles. The molecule has 0 saturated carbocycles. The summed E-state index contributed by atoms with van der Waals surface area (Å²) in [5.41, 5.74) is 0. The molecule has 2 rings (SSSR count). The monoisotopic (exact) mass is 202 g/mol. The van der Waals surface area contributed by atoms with Crippen molar-refractivity contribution in [2.24, 2.45) is 0 Å². The topological polar surface area (TPSA) is 71.9 Å². The molecule has 2 unspecified atom stereocenters. The van der Waals surface area contributed by atoms with Crippen LogP contribution in [-0.4, -0.2) is 17.9 Å². The lowest BCUT2D eigenvalue weighted by Gasteiger charge is -1.71. The van der Waals surface area contributed by atoms with Crippen LogP contribution in [0.15, 0.2) is 35.3 Å². The number of aromatic nitrogens is 2. The van der Waals surface area contributed by atoms with E-state index in [4.69, 9.17) is 0 Å². The molecule has 0 aliphatic carbocycles. The Bertz CT molecular complexity index is 261. The van der Waals surface area contributed by atoms with Crippen LogP contribution < -0.4 is 0 Å². The van der Waals surface area contributed by atoms with Crippen molar-refractivity contribution in [3.63, 3.8) is 0 Å². The second-order valence-corrected chi connectivity index (χ2v) is 3.79. The molecule has 0 radical (unpaired) electrons. The Morgan fingerprint density at radius 3 is 1.33 bits per heavy atom. The zero-order chi connectivity index (χ0) is 8.81. The normalized spacial score (nSPS) is 11.8. The third-order valence-corrected chi connectivity index (χ3v) is 2.33. The van der Waals surface area contributed by atoms with Crippen LogP contribution in [0.3, 0.4) is 0 Å². The smallest absolute Gasteiger partial charge is 0.163 e. The summed E-state index contributed by atoms with van der Waals surface area (Å²) in [6.07, 6.45) is 3.05. The molecule has 2 atom stereocenters. The molecule has 0 aromatic carbocycles. The van der Waals surface area contributed by atoms with Crippen LogP contribution in [0.4, 0.5) is 0 Å². The minimum atomic E-state index is -1.03. The van der Waals surface area contributed by atoms with E-state index in [1.807, 2.05) is 0 Å². The van der Waals surface area contributed by atoms with Gasteiger partial charge in [0.05, 0.1) is 34.3 Å². The largest absolute Gasteiger partial charge is 0.569 e. The standard InChI is InChI=1S/2C3H3NOS/c2*5-6-3-1-2-4-6/h2*1-3H. The highest BCUT2D eigenvalue weighted by Gasteiger charge is 1.81. The number of rotatable bonds is 0. The molecule has 64 valence electrons. The maximum atomic E-state index is 10.1. The van der Waals surface area contributed by atoms with Crippen molar-refractivity contribution >= 4 is 21.9 Å². The predicted molar refractivity (Wildman–Crippen MR) is 45.8 cm³/mol. The van der Waals surface area contributed by atoms with E-state index >= 15 is 0 Å². The summed E-state index contributed by atoms with van der Waals surface area (Å²) >= 11 is 0. The van der Waals surface area contributed by atoms with Gasteiger partial charge in [-0.2, -0.15) is 0 Å². The molecule has 2 aromatic rings. The van der Waals surface area contributed by atoms with Gasteiger partial charge < -0.3 is 9.11 Å². The Kier molecular flexibility index (Phi) is 3.81. The van der Waals surface area contributed by atoms with Crippen molar-refractivity contribution in [1.29, 1.82) is 0 Å². The van der Waals surface area contributed by atoms with Crippen LogP contribution >= 0.6 is 21.9 Å². The van der Waals surface area contributed by atoms with Gasteiger partial charge in [-0.3, -0.25) is 0 Å². The molecular weight excluding hydrogens is 196 g/mol. The van der Waals surface area contributed by atoms with E-state index in [1.165, 1.54) is 23.2 Å². The molecule has 12 heavy (non-hydrogen) atoms. The predicted octanol–water partition coefficient (Wildman–Crippen LogP) is 1.62. The first-order chi connectivity index (χ1) is 5.79. The van der Waals surface area contributed by atoms with Crippen molar-refractivity contribution in [3.05, 3.63) is 35.3 Å². The summed E-state index contributed by atoms with van der Waals surface area (Å²) in [4.78, 5) is 0. The van der Waals surface area contributed by atoms with Crippen LogP contribution in [-0.2, 0) is 0 Å². The quantitative estimate of drug-likeness (QED) is 0.608. The summed E-state index contributed by atoms with van der Waals surface area (Å²) in [7, 11) is -2.07. The third kappa shape index (κ3) is 3.54. The molecule has 6 heteroatoms. The van der Waals surface area contributed by atoms with Crippen LogP contribution in [0.1, 0.15) is 0 Å². The van der Waals surface area contributed by atoms with Crippen LogP contribution in [0.25, 0.3) is 0 Å². The van der Waals surface area contributed by atoms with E-state index in [-0.39, 0.29) is 0 Å². The number of hydrogen-bond donors (Lipinski definition) is 0. The lowest BCUT2D eigenvalue weighted by Crippen LogP contribution is -1.50. The molecule has 0 fully saturated rings. The first-order valence-corrected chi connectivity index (χ1v) is 5.36. The van der Waals surface area contributed by atoms with Gasteiger partial charge in [0.25, 0.3) is 0 Å². The zero-order valence-electron chi connectivity index (χ0n) is 5.99. The fourth-order valence-electron chi connectivity index (χ4n) is 0.465. The minimum absolute atomic E-state index is 1.03. The average molecular weight is 202 g/mol. The van der Waals surface area contributed by atoms with Crippen LogP contribution in [0.5, 0.6) is 0 Å². The molecule has 0 amide bonds. The highest BCUT2D eigenvalue weighted by molar-refractivity contribution is 7.18. The molecule has 0 bridgehead atoms. The van der Waals surface area contributed by atoms with E-state index in [1.54, 1.807) is 12.1 Å². The van der Waals surface area contributed by atoms with Crippen molar-refractivity contribution < 1.29 is 9.11 Å². The molecule has 0 spiro atoms. The maximum Gasteiger partial charge on any atom is 0.163 e. The van der Waals surface area contributed by atoms with Gasteiger partial charge in [0, 0.05) is 12.1 Å². The Morgan fingerprint density at radius 2 is 1.25 bits per heavy atom. The Labute approximate surface area is 75.4 Å². The third-order valence-electron chi connectivity index (χ3n) is 0.892. The molecule has 0 aliphatic rings. The molecule has 4 nitrogen and oxygen atoms in total. The highest BCUT2D eigenvalue weighted by Crippen LogP contribution is 2.01. The van der Waals surface area contributed by atoms with Crippen LogP contribution in [0.2, 0.25) is 0 Å². The van der Waals surface area contributed by atoms with Gasteiger partial charge in [0.2, 0.25) is 0 Å². The van der Waals surface area contributed by atoms with Gasteiger partial charge in [-0.15, -0.1) is 0 Å². The van der Waals surface area contributed by atoms with E-state index in [2.05, 4.69) is 8.75 Å². The SMILES string of the molecule is [O-][s+]1cccn1.[O-][s+]1cccn1. The highest BCUT2D eigenvalue weighted by atomic mass is 32.2. The summed E-state index contributed by atoms with van der Waals surface area (Å²) in [5.74, 6) is 0. The molecule has 0 saturated heterocycles. The lowest BCUT2D eigenvalue weighted by molar-refractivity contribution is 0.591. The molecule has 2 aromatic heterocycles. The van der Waals surface area contributed by atoms with Crippen molar-refractivity contribution in [1.82, 2.24) is 8.75 Å². The average Bonchev–Trinajstić information content (AvgIpc) is 2.63. The Balaban J connectivity index is 0.000000120. The molecule has 0 N–H and O–H groups in total. The van der Waals surface area contributed by atoms with Gasteiger partial charge >= 0.3 is 0 Å². The van der Waals surface area contributed by atoms with Crippen LogP contribution in [0, 0.1) is 0 Å². The van der Waals surface area contributed by atoms with Gasteiger partial charge in [0.1, 0.15) is 0 Å². The van der Waals surface area contributed by atoms with E-state index in [0.717, 1.165) is 0 Å². The summed E-state index contributed by atoms with van der Waals surface area (Å²) in [6.45, 7) is 0. The van der Waals surface area contributed by atoms with E-state index < -0.39 is 21.9 Å². The van der Waals surface area contributed by atoms with Gasteiger partial charge in [-0.05, 0) is 8.75 Å². The van der Waals surface area contributed by atoms with Crippen molar-refractivity contribution in [2.45, 2.75) is 0 Å². The molecular formula is C6H6N2O2S2. The second kappa shape index (κ2) is 4.94. The Morgan fingerprint density at radius 1 is 0.833 bits per heavy atom. The van der Waals surface area contributed by atoms with Crippen molar-refractivity contribution in [3.8, 4) is 0 Å². The summed E-state index contributed by atoms with van der Waals surface area (Å²) in [6, 6.07) is 3.33. The Hall–Kier alpha value is -0.820. The van der Waals surface area contributed by atoms with Gasteiger partial charge in [-0.25, -0.2) is 0 Å². The lowest BCUT2D eigenvalue weighted by atomic mass is 10.8. The van der Waals surface area contributed by atoms with Gasteiger partial charge in [0.15, 0.2) is 10.8 Å². The van der Waals surface area contributed by atoms with E-state index in [0.29, 0.717) is 0 Å². The number of nitrogens with zero attached hydrogens (tertiary/aromatic N) is 2. The molecule has 0 aliphatic heterocycles. The minimum Gasteiger partial charge on any atom is -0.569 e. The number of hydrogen-bond acceptors (Lipinski definition) is 4. The van der Waals surface area contributed by atoms with Gasteiger partial charge in [-0.1, -0.05) is 0 Å². The first kappa shape index (κ1) is 9.27. The summed E-state index contributed by atoms with van der Waals surface area (Å²) in [5, 5.41) is 3.06. The zero-order valence-corrected chi connectivity index (χ0v) is 7.62. The maximum absolute atomic E-state index is 10.1. The summed E-state index contributed by atoms with van der Waals surface area (Å²) < 4.78 is 27.1. The second-order valence-electron chi connectivity index (χ2n) is 1.72.